The number of hydrogen-bond donors (Lipinski definition) is 1. The monoisotopic (exact) mass is 502 g/mol. The Labute approximate surface area is 201 Å². The van der Waals surface area contributed by atoms with E-state index in [1.807, 2.05) is 43.3 Å². The van der Waals surface area contributed by atoms with E-state index in [2.05, 4.69) is 4.72 Å². The van der Waals surface area contributed by atoms with Crippen molar-refractivity contribution in [2.75, 3.05) is 6.61 Å². The van der Waals surface area contributed by atoms with E-state index in [1.54, 1.807) is 29.7 Å². The number of hydrogen-bond acceptors (Lipinski definition) is 5. The molecule has 0 aliphatic carbocycles. The molecule has 1 unspecified atom stereocenters. The molecule has 0 bridgehead atoms. The second kappa shape index (κ2) is 9.69. The predicted octanol–water partition coefficient (Wildman–Crippen LogP) is 4.82. The van der Waals surface area contributed by atoms with Gasteiger partial charge in [0.1, 0.15) is 12.4 Å². The summed E-state index contributed by atoms with van der Waals surface area (Å²) in [4.78, 5) is 12.5. The second-order valence-electron chi connectivity index (χ2n) is 7.86. The van der Waals surface area contributed by atoms with Crippen LogP contribution in [0.15, 0.2) is 76.4 Å². The minimum Gasteiger partial charge on any atom is -0.492 e. The van der Waals surface area contributed by atoms with Crippen molar-refractivity contribution in [1.29, 1.82) is 0 Å². The van der Waals surface area contributed by atoms with Crippen LogP contribution in [0.1, 0.15) is 18.1 Å². The Morgan fingerprint density at radius 2 is 1.76 bits per heavy atom. The van der Waals surface area contributed by atoms with Crippen LogP contribution in [0.4, 0.5) is 0 Å². The van der Waals surface area contributed by atoms with Crippen molar-refractivity contribution < 1.29 is 13.2 Å². The van der Waals surface area contributed by atoms with Crippen molar-refractivity contribution in [3.05, 3.63) is 92.5 Å². The van der Waals surface area contributed by atoms with Crippen molar-refractivity contribution in [3.63, 3.8) is 0 Å². The molecule has 0 aliphatic heterocycles. The minimum atomic E-state index is -3.78. The molecule has 0 aliphatic rings. The van der Waals surface area contributed by atoms with Crippen LogP contribution in [-0.2, 0) is 16.6 Å². The summed E-state index contributed by atoms with van der Waals surface area (Å²) in [6, 6.07) is 19.1. The number of fused-ring (bicyclic) bond motifs is 1. The maximum absolute atomic E-state index is 12.9. The fraction of sp³-hybridized carbons (Fsp3) is 0.208. The molecule has 3 aromatic carbocycles. The van der Waals surface area contributed by atoms with Crippen molar-refractivity contribution in [1.82, 2.24) is 9.29 Å². The first-order valence-electron chi connectivity index (χ1n) is 10.3. The van der Waals surface area contributed by atoms with Gasteiger partial charge in [-0.1, -0.05) is 52.8 Å². The third-order valence-electron chi connectivity index (χ3n) is 5.08. The number of aromatic nitrogens is 1. The van der Waals surface area contributed by atoms with Gasteiger partial charge in [-0.3, -0.25) is 9.36 Å². The highest BCUT2D eigenvalue weighted by Crippen LogP contribution is 2.23. The molecule has 0 amide bonds. The third kappa shape index (κ3) is 5.65. The van der Waals surface area contributed by atoms with Crippen molar-refractivity contribution >= 4 is 43.2 Å². The van der Waals surface area contributed by atoms with E-state index in [0.717, 1.165) is 22.5 Å². The Kier molecular flexibility index (Phi) is 6.90. The van der Waals surface area contributed by atoms with Crippen molar-refractivity contribution in [2.45, 2.75) is 31.3 Å². The summed E-state index contributed by atoms with van der Waals surface area (Å²) in [5, 5.41) is 0.627. The zero-order valence-corrected chi connectivity index (χ0v) is 20.5. The van der Waals surface area contributed by atoms with Crippen LogP contribution in [0, 0.1) is 6.92 Å². The number of ether oxygens (including phenoxy) is 1. The molecule has 4 rings (SSSR count). The zero-order valence-electron chi connectivity index (χ0n) is 18.1. The van der Waals surface area contributed by atoms with Gasteiger partial charge in [0.25, 0.3) is 0 Å². The lowest BCUT2D eigenvalue weighted by atomic mass is 10.2. The number of sulfonamides is 1. The Balaban J connectivity index is 1.49. The Morgan fingerprint density at radius 3 is 2.45 bits per heavy atom. The van der Waals surface area contributed by atoms with Gasteiger partial charge >= 0.3 is 4.87 Å². The first kappa shape index (κ1) is 23.5. The van der Waals surface area contributed by atoms with Crippen LogP contribution in [-0.4, -0.2) is 25.6 Å². The summed E-state index contributed by atoms with van der Waals surface area (Å²) in [5.41, 5.74) is 2.74. The largest absolute Gasteiger partial charge is 0.492 e. The summed E-state index contributed by atoms with van der Waals surface area (Å²) in [5.74, 6) is 0.680. The summed E-state index contributed by atoms with van der Waals surface area (Å²) < 4.78 is 36.4. The minimum absolute atomic E-state index is 0.108. The van der Waals surface area contributed by atoms with E-state index in [-0.39, 0.29) is 16.4 Å². The summed E-state index contributed by atoms with van der Waals surface area (Å²) in [6.07, 6.45) is 0. The Hall–Kier alpha value is -2.65. The van der Waals surface area contributed by atoms with Gasteiger partial charge in [-0.05, 0) is 61.9 Å². The lowest BCUT2D eigenvalue weighted by Crippen LogP contribution is -2.36. The van der Waals surface area contributed by atoms with E-state index in [0.29, 0.717) is 27.5 Å². The van der Waals surface area contributed by atoms with Gasteiger partial charge in [0, 0.05) is 5.02 Å². The fourth-order valence-electron chi connectivity index (χ4n) is 3.36. The average Bonchev–Trinajstić information content (AvgIpc) is 3.09. The van der Waals surface area contributed by atoms with Gasteiger partial charge in [0.2, 0.25) is 10.0 Å². The maximum atomic E-state index is 12.9. The molecule has 1 atom stereocenters. The summed E-state index contributed by atoms with van der Waals surface area (Å²) in [6.45, 7) is 4.30. The van der Waals surface area contributed by atoms with Crippen LogP contribution in [0.3, 0.4) is 0 Å². The predicted molar refractivity (Wildman–Crippen MR) is 133 cm³/mol. The molecular formula is C24H23ClN2O4S2. The molecule has 9 heteroatoms. The highest BCUT2D eigenvalue weighted by molar-refractivity contribution is 7.89. The van der Waals surface area contributed by atoms with Gasteiger partial charge in [-0.15, -0.1) is 0 Å². The third-order valence-corrected chi connectivity index (χ3v) is 7.86. The lowest BCUT2D eigenvalue weighted by molar-refractivity contribution is 0.287. The second-order valence-corrected chi connectivity index (χ2v) is 11.0. The molecule has 33 heavy (non-hydrogen) atoms. The Bertz CT molecular complexity index is 1430. The molecule has 0 saturated carbocycles. The van der Waals surface area contributed by atoms with Gasteiger partial charge in [0.05, 0.1) is 27.7 Å². The topological polar surface area (TPSA) is 77.4 Å². The molecule has 1 N–H and O–H groups in total. The highest BCUT2D eigenvalue weighted by atomic mass is 35.5. The average molecular weight is 503 g/mol. The number of nitrogens with zero attached hydrogens (tertiary/aromatic N) is 1. The van der Waals surface area contributed by atoms with Gasteiger partial charge in [-0.25, -0.2) is 13.1 Å². The number of aryl methyl sites for hydroxylation is 1. The number of nitrogens with one attached hydrogen (secondary N) is 1. The SMILES string of the molecule is Cc1ccc(OCC(C)NS(=O)(=O)c2ccc3c(c2)sc(=O)n3Cc2ccc(Cl)cc2)cc1. The number of rotatable bonds is 8. The van der Waals surface area contributed by atoms with E-state index in [1.165, 1.54) is 12.1 Å². The Morgan fingerprint density at radius 1 is 1.06 bits per heavy atom. The molecule has 0 spiro atoms. The van der Waals surface area contributed by atoms with Crippen molar-refractivity contribution in [2.24, 2.45) is 0 Å². The maximum Gasteiger partial charge on any atom is 0.308 e. The quantitative estimate of drug-likeness (QED) is 0.375. The van der Waals surface area contributed by atoms with E-state index in [4.69, 9.17) is 16.3 Å². The molecule has 6 nitrogen and oxygen atoms in total. The van der Waals surface area contributed by atoms with Crippen LogP contribution in [0.5, 0.6) is 5.75 Å². The lowest BCUT2D eigenvalue weighted by Gasteiger charge is -2.15. The first-order valence-corrected chi connectivity index (χ1v) is 13.0. The van der Waals surface area contributed by atoms with E-state index in [9.17, 15) is 13.2 Å². The fourth-order valence-corrected chi connectivity index (χ4v) is 5.74. The number of halogens is 1. The molecular weight excluding hydrogens is 480 g/mol. The van der Waals surface area contributed by atoms with Gasteiger partial charge in [-0.2, -0.15) is 0 Å². The molecule has 172 valence electrons. The normalized spacial score (nSPS) is 12.7. The molecule has 0 fully saturated rings. The van der Waals surface area contributed by atoms with Crippen LogP contribution in [0.25, 0.3) is 10.2 Å². The summed E-state index contributed by atoms with van der Waals surface area (Å²) in [7, 11) is -3.78. The smallest absolute Gasteiger partial charge is 0.308 e. The molecule has 0 radical (unpaired) electrons. The standard InChI is InChI=1S/C24H23ClN2O4S2/c1-16-3-9-20(10-4-16)31-15-17(2)26-33(29,30)21-11-12-22-23(13-21)32-24(28)27(22)14-18-5-7-19(25)8-6-18/h3-13,17,26H,14-15H2,1-2H3. The molecule has 4 aromatic rings. The van der Waals surface area contributed by atoms with Crippen LogP contribution >= 0.6 is 22.9 Å². The van der Waals surface area contributed by atoms with Crippen molar-refractivity contribution in [3.8, 4) is 5.75 Å². The highest BCUT2D eigenvalue weighted by Gasteiger charge is 2.20. The first-order chi connectivity index (χ1) is 15.7. The molecule has 1 aromatic heterocycles. The van der Waals surface area contributed by atoms with Gasteiger partial charge in [0.15, 0.2) is 0 Å². The number of benzene rings is 3. The summed E-state index contributed by atoms with van der Waals surface area (Å²) >= 11 is 6.96. The molecule has 0 saturated heterocycles. The number of thiazole rings is 1. The van der Waals surface area contributed by atoms with Crippen LogP contribution < -0.4 is 14.3 Å². The van der Waals surface area contributed by atoms with E-state index >= 15 is 0 Å². The zero-order chi connectivity index (χ0) is 23.6. The van der Waals surface area contributed by atoms with Gasteiger partial charge < -0.3 is 4.74 Å². The molecule has 1 heterocycles. The van der Waals surface area contributed by atoms with E-state index < -0.39 is 16.1 Å². The van der Waals surface area contributed by atoms with Crippen LogP contribution in [0.2, 0.25) is 5.02 Å².